The zero-order valence-corrected chi connectivity index (χ0v) is 8.05. The van der Waals surface area contributed by atoms with Crippen LogP contribution < -0.4 is 0 Å². The van der Waals surface area contributed by atoms with Gasteiger partial charge in [0.05, 0.1) is 0 Å². The maximum atomic E-state index is 11.3. The van der Waals surface area contributed by atoms with Crippen molar-refractivity contribution < 1.29 is 9.90 Å². The molecule has 2 atom stereocenters. The summed E-state index contributed by atoms with van der Waals surface area (Å²) in [7, 11) is 0. The van der Waals surface area contributed by atoms with Gasteiger partial charge in [0.25, 0.3) is 0 Å². The van der Waals surface area contributed by atoms with Crippen LogP contribution in [-0.4, -0.2) is 17.0 Å². The molecule has 0 spiro atoms. The van der Waals surface area contributed by atoms with Gasteiger partial charge in [-0.2, -0.15) is 0 Å². The summed E-state index contributed by atoms with van der Waals surface area (Å²) in [6, 6.07) is 0. The second-order valence-electron chi connectivity index (χ2n) is 4.56. The molecule has 1 saturated carbocycles. The molecule has 2 aliphatic carbocycles. The average Bonchev–Trinajstić information content (AvgIpc) is 2.07. The maximum absolute atomic E-state index is 11.3. The van der Waals surface area contributed by atoms with Gasteiger partial charge in [-0.3, -0.25) is 4.79 Å². The Balaban J connectivity index is 2.31. The summed E-state index contributed by atoms with van der Waals surface area (Å²) in [5.41, 5.74) is 1.39. The number of ketones is 1. The fraction of sp³-hybridized carbons (Fsp3) is 0.727. The van der Waals surface area contributed by atoms with Gasteiger partial charge in [0, 0.05) is 0 Å². The molecule has 0 bridgehead atoms. The molecule has 0 saturated heterocycles. The van der Waals surface area contributed by atoms with E-state index in [2.05, 4.69) is 6.92 Å². The minimum Gasteiger partial charge on any atom is -0.385 e. The Bertz CT molecular complexity index is 267. The highest BCUT2D eigenvalue weighted by molar-refractivity contribution is 5.95. The normalized spacial score (nSPS) is 39.7. The largest absolute Gasteiger partial charge is 0.385 e. The number of hydrogen-bond donors (Lipinski definition) is 1. The molecule has 2 nitrogen and oxygen atoms in total. The Morgan fingerprint density at radius 2 is 2.31 bits per heavy atom. The van der Waals surface area contributed by atoms with E-state index < -0.39 is 6.10 Å². The first-order valence-electron chi connectivity index (χ1n) is 5.05. The van der Waals surface area contributed by atoms with Crippen LogP contribution in [0, 0.1) is 5.41 Å². The molecule has 0 aromatic heterocycles. The molecular weight excluding hydrogens is 164 g/mol. The molecule has 0 amide bonds. The van der Waals surface area contributed by atoms with Crippen molar-refractivity contribution in [3.8, 4) is 0 Å². The summed E-state index contributed by atoms with van der Waals surface area (Å²) >= 11 is 0. The molecule has 72 valence electrons. The molecule has 1 N–H and O–H groups in total. The summed E-state index contributed by atoms with van der Waals surface area (Å²) in [4.78, 5) is 11.3. The molecule has 0 aromatic rings. The van der Waals surface area contributed by atoms with E-state index in [0.717, 1.165) is 12.8 Å². The SMILES string of the molecule is CC12CCCCC1=CC(=O)C(O)C2. The lowest BCUT2D eigenvalue weighted by Gasteiger charge is -2.40. The van der Waals surface area contributed by atoms with E-state index in [9.17, 15) is 9.90 Å². The number of hydrogen-bond acceptors (Lipinski definition) is 2. The highest BCUT2D eigenvalue weighted by atomic mass is 16.3. The average molecular weight is 180 g/mol. The highest BCUT2D eigenvalue weighted by Gasteiger charge is 2.38. The molecule has 0 aromatic carbocycles. The molecule has 0 heterocycles. The van der Waals surface area contributed by atoms with Crippen molar-refractivity contribution in [3.05, 3.63) is 11.6 Å². The summed E-state index contributed by atoms with van der Waals surface area (Å²) in [5.74, 6) is -0.0885. The van der Waals surface area contributed by atoms with Gasteiger partial charge >= 0.3 is 0 Å². The van der Waals surface area contributed by atoms with Crippen LogP contribution in [0.3, 0.4) is 0 Å². The van der Waals surface area contributed by atoms with E-state index in [-0.39, 0.29) is 11.2 Å². The Kier molecular flexibility index (Phi) is 2.03. The quantitative estimate of drug-likeness (QED) is 0.617. The predicted molar refractivity (Wildman–Crippen MR) is 50.3 cm³/mol. The standard InChI is InChI=1S/C11H16O2/c1-11-5-3-2-4-8(11)6-9(12)10(13)7-11/h6,10,13H,2-5,7H2,1H3. The summed E-state index contributed by atoms with van der Waals surface area (Å²) < 4.78 is 0. The van der Waals surface area contributed by atoms with Crippen LogP contribution in [0.4, 0.5) is 0 Å². The molecule has 13 heavy (non-hydrogen) atoms. The number of rotatable bonds is 0. The number of fused-ring (bicyclic) bond motifs is 1. The number of carbonyl (C=O) groups is 1. The third-order valence-electron chi connectivity index (χ3n) is 3.49. The van der Waals surface area contributed by atoms with Gasteiger partial charge in [0.1, 0.15) is 6.10 Å². The van der Waals surface area contributed by atoms with Gasteiger partial charge < -0.3 is 5.11 Å². The van der Waals surface area contributed by atoms with Crippen LogP contribution in [0.5, 0.6) is 0 Å². The molecule has 2 unspecified atom stereocenters. The smallest absolute Gasteiger partial charge is 0.184 e. The summed E-state index contributed by atoms with van der Waals surface area (Å²) in [5, 5.41) is 9.49. The molecule has 1 fully saturated rings. The van der Waals surface area contributed by atoms with E-state index in [1.165, 1.54) is 18.4 Å². The van der Waals surface area contributed by atoms with Gasteiger partial charge in [0.2, 0.25) is 0 Å². The van der Waals surface area contributed by atoms with Gasteiger partial charge in [-0.15, -0.1) is 0 Å². The molecule has 0 radical (unpaired) electrons. The lowest BCUT2D eigenvalue weighted by atomic mass is 9.65. The van der Waals surface area contributed by atoms with E-state index in [1.54, 1.807) is 6.08 Å². The topological polar surface area (TPSA) is 37.3 Å². The molecule has 2 aliphatic rings. The Hall–Kier alpha value is -0.630. The van der Waals surface area contributed by atoms with Gasteiger partial charge in [-0.1, -0.05) is 18.9 Å². The fourth-order valence-corrected chi connectivity index (χ4v) is 2.57. The first-order chi connectivity index (χ1) is 6.12. The Labute approximate surface area is 78.6 Å². The third kappa shape index (κ3) is 1.44. The lowest BCUT2D eigenvalue weighted by Crippen LogP contribution is -2.36. The Morgan fingerprint density at radius 3 is 3.08 bits per heavy atom. The van der Waals surface area contributed by atoms with E-state index >= 15 is 0 Å². The number of carbonyl (C=O) groups excluding carboxylic acids is 1. The molecule has 0 aliphatic heterocycles. The van der Waals surface area contributed by atoms with E-state index in [1.807, 2.05) is 0 Å². The van der Waals surface area contributed by atoms with Gasteiger partial charge in [0.15, 0.2) is 5.78 Å². The van der Waals surface area contributed by atoms with Gasteiger partial charge in [-0.25, -0.2) is 0 Å². The van der Waals surface area contributed by atoms with Crippen molar-refractivity contribution in [1.82, 2.24) is 0 Å². The van der Waals surface area contributed by atoms with Crippen molar-refractivity contribution in [2.45, 2.75) is 45.1 Å². The first-order valence-corrected chi connectivity index (χ1v) is 5.05. The third-order valence-corrected chi connectivity index (χ3v) is 3.49. The summed E-state index contributed by atoms with van der Waals surface area (Å²) in [6.45, 7) is 2.17. The minimum absolute atomic E-state index is 0.0885. The molecule has 2 heteroatoms. The second kappa shape index (κ2) is 2.95. The highest BCUT2D eigenvalue weighted by Crippen LogP contribution is 2.46. The number of aliphatic hydroxyl groups is 1. The van der Waals surface area contributed by atoms with Crippen LogP contribution in [0.25, 0.3) is 0 Å². The van der Waals surface area contributed by atoms with E-state index in [0.29, 0.717) is 6.42 Å². The van der Waals surface area contributed by atoms with Crippen molar-refractivity contribution in [1.29, 1.82) is 0 Å². The van der Waals surface area contributed by atoms with Crippen LogP contribution in [-0.2, 0) is 4.79 Å². The Morgan fingerprint density at radius 1 is 1.54 bits per heavy atom. The second-order valence-corrected chi connectivity index (χ2v) is 4.56. The van der Waals surface area contributed by atoms with Crippen LogP contribution in [0.2, 0.25) is 0 Å². The van der Waals surface area contributed by atoms with Crippen LogP contribution in [0.15, 0.2) is 11.6 Å². The molecular formula is C11H16O2. The number of aliphatic hydroxyl groups excluding tert-OH is 1. The van der Waals surface area contributed by atoms with Gasteiger partial charge in [-0.05, 0) is 37.2 Å². The van der Waals surface area contributed by atoms with E-state index in [4.69, 9.17) is 0 Å². The van der Waals surface area contributed by atoms with Crippen molar-refractivity contribution in [2.24, 2.45) is 5.41 Å². The summed E-state index contributed by atoms with van der Waals surface area (Å²) in [6.07, 6.45) is 6.19. The zero-order valence-electron chi connectivity index (χ0n) is 8.05. The van der Waals surface area contributed by atoms with Crippen LogP contribution >= 0.6 is 0 Å². The lowest BCUT2D eigenvalue weighted by molar-refractivity contribution is -0.125. The fourth-order valence-electron chi connectivity index (χ4n) is 2.57. The first kappa shape index (κ1) is 8.95. The minimum atomic E-state index is -0.744. The van der Waals surface area contributed by atoms with Crippen molar-refractivity contribution in [3.63, 3.8) is 0 Å². The zero-order chi connectivity index (χ0) is 9.47. The van der Waals surface area contributed by atoms with Crippen LogP contribution in [0.1, 0.15) is 39.0 Å². The van der Waals surface area contributed by atoms with Crippen molar-refractivity contribution >= 4 is 5.78 Å². The maximum Gasteiger partial charge on any atom is 0.184 e. The van der Waals surface area contributed by atoms with Crippen molar-refractivity contribution in [2.75, 3.05) is 0 Å². The number of allylic oxidation sites excluding steroid dienone is 1. The monoisotopic (exact) mass is 180 g/mol. The molecule has 2 rings (SSSR count). The predicted octanol–water partition coefficient (Wildman–Crippen LogP) is 1.83.